The van der Waals surface area contributed by atoms with Gasteiger partial charge in [-0.3, -0.25) is 9.59 Å². The van der Waals surface area contributed by atoms with Gasteiger partial charge in [0.05, 0.1) is 18.7 Å². The van der Waals surface area contributed by atoms with Crippen molar-refractivity contribution in [3.05, 3.63) is 24.3 Å². The van der Waals surface area contributed by atoms with Crippen molar-refractivity contribution in [2.75, 3.05) is 18.1 Å². The standard InChI is InChI=1S/C15H19NO4/c1-4-19-13(17)9-10-16-11-7-5-6-8-12(11)20-15(2,3)14(16)18/h5-8H,4,9-10H2,1-3H3. The molecule has 1 aromatic carbocycles. The Bertz CT molecular complexity index is 524. The van der Waals surface area contributed by atoms with Gasteiger partial charge in [0.25, 0.3) is 5.91 Å². The van der Waals surface area contributed by atoms with Crippen LogP contribution < -0.4 is 9.64 Å². The molecule has 1 aliphatic heterocycles. The molecule has 0 unspecified atom stereocenters. The molecule has 0 aliphatic carbocycles. The van der Waals surface area contributed by atoms with Crippen LogP contribution in [0.3, 0.4) is 0 Å². The predicted molar refractivity (Wildman–Crippen MR) is 74.8 cm³/mol. The lowest BCUT2D eigenvalue weighted by Gasteiger charge is -2.38. The highest BCUT2D eigenvalue weighted by atomic mass is 16.5. The lowest BCUT2D eigenvalue weighted by atomic mass is 10.0. The van der Waals surface area contributed by atoms with Crippen LogP contribution >= 0.6 is 0 Å². The number of benzene rings is 1. The van der Waals surface area contributed by atoms with Gasteiger partial charge in [-0.05, 0) is 32.9 Å². The summed E-state index contributed by atoms with van der Waals surface area (Å²) >= 11 is 0. The van der Waals surface area contributed by atoms with Gasteiger partial charge < -0.3 is 14.4 Å². The summed E-state index contributed by atoms with van der Waals surface area (Å²) < 4.78 is 10.6. The Hall–Kier alpha value is -2.04. The number of esters is 1. The zero-order valence-electron chi connectivity index (χ0n) is 12.0. The first-order chi connectivity index (χ1) is 9.45. The third-order valence-electron chi connectivity index (χ3n) is 3.13. The first-order valence-corrected chi connectivity index (χ1v) is 6.71. The van der Waals surface area contributed by atoms with Crippen molar-refractivity contribution in [1.82, 2.24) is 0 Å². The Kier molecular flexibility index (Phi) is 3.97. The number of hydrogen-bond acceptors (Lipinski definition) is 4. The minimum Gasteiger partial charge on any atom is -0.476 e. The smallest absolute Gasteiger partial charge is 0.307 e. The molecule has 1 aromatic rings. The fourth-order valence-corrected chi connectivity index (χ4v) is 2.18. The second kappa shape index (κ2) is 5.53. The average molecular weight is 277 g/mol. The van der Waals surface area contributed by atoms with Crippen LogP contribution in [0, 0.1) is 0 Å². The second-order valence-electron chi connectivity index (χ2n) is 5.09. The molecular formula is C15H19NO4. The highest BCUT2D eigenvalue weighted by Crippen LogP contribution is 2.37. The van der Waals surface area contributed by atoms with Gasteiger partial charge in [-0.25, -0.2) is 0 Å². The van der Waals surface area contributed by atoms with Gasteiger partial charge in [0.15, 0.2) is 5.60 Å². The zero-order valence-corrected chi connectivity index (χ0v) is 12.0. The molecule has 20 heavy (non-hydrogen) atoms. The van der Waals surface area contributed by atoms with Gasteiger partial charge in [0, 0.05) is 6.54 Å². The molecule has 1 amide bonds. The molecular weight excluding hydrogens is 258 g/mol. The Morgan fingerprint density at radius 2 is 2.05 bits per heavy atom. The third-order valence-corrected chi connectivity index (χ3v) is 3.13. The molecule has 0 aromatic heterocycles. The minimum absolute atomic E-state index is 0.152. The van der Waals surface area contributed by atoms with Crippen molar-refractivity contribution in [1.29, 1.82) is 0 Å². The van der Waals surface area contributed by atoms with Gasteiger partial charge >= 0.3 is 5.97 Å². The molecule has 0 atom stereocenters. The molecule has 0 spiro atoms. The summed E-state index contributed by atoms with van der Waals surface area (Å²) in [5.41, 5.74) is -0.232. The van der Waals surface area contributed by atoms with Gasteiger partial charge in [0.1, 0.15) is 5.75 Å². The number of anilines is 1. The number of hydrogen-bond donors (Lipinski definition) is 0. The SMILES string of the molecule is CCOC(=O)CCN1C(=O)C(C)(C)Oc2ccccc21. The Morgan fingerprint density at radius 3 is 2.75 bits per heavy atom. The fraction of sp³-hybridized carbons (Fsp3) is 0.467. The quantitative estimate of drug-likeness (QED) is 0.791. The largest absolute Gasteiger partial charge is 0.476 e. The Labute approximate surface area is 118 Å². The lowest BCUT2D eigenvalue weighted by molar-refractivity contribution is -0.143. The fourth-order valence-electron chi connectivity index (χ4n) is 2.18. The number of rotatable bonds is 4. The number of carbonyl (C=O) groups excluding carboxylic acids is 2. The number of fused-ring (bicyclic) bond motifs is 1. The number of para-hydroxylation sites is 2. The summed E-state index contributed by atoms with van der Waals surface area (Å²) in [6.45, 7) is 5.85. The van der Waals surface area contributed by atoms with Gasteiger partial charge in [-0.2, -0.15) is 0 Å². The summed E-state index contributed by atoms with van der Waals surface area (Å²) in [6.07, 6.45) is 0.171. The van der Waals surface area contributed by atoms with Crippen LogP contribution in [0.2, 0.25) is 0 Å². The number of amides is 1. The monoisotopic (exact) mass is 277 g/mol. The maximum Gasteiger partial charge on any atom is 0.307 e. The lowest BCUT2D eigenvalue weighted by Crippen LogP contribution is -2.53. The van der Waals surface area contributed by atoms with Crippen molar-refractivity contribution in [3.8, 4) is 5.75 Å². The van der Waals surface area contributed by atoms with E-state index >= 15 is 0 Å². The highest BCUT2D eigenvalue weighted by molar-refractivity contribution is 6.02. The first kappa shape index (κ1) is 14.4. The van der Waals surface area contributed by atoms with E-state index in [4.69, 9.17) is 9.47 Å². The van der Waals surface area contributed by atoms with Gasteiger partial charge in [-0.1, -0.05) is 12.1 Å². The molecule has 0 N–H and O–H groups in total. The third kappa shape index (κ3) is 2.76. The van der Waals surface area contributed by atoms with E-state index in [2.05, 4.69) is 0 Å². The van der Waals surface area contributed by atoms with Crippen molar-refractivity contribution >= 4 is 17.6 Å². The molecule has 1 heterocycles. The van der Waals surface area contributed by atoms with E-state index in [0.717, 1.165) is 0 Å². The predicted octanol–water partition coefficient (Wildman–Crippen LogP) is 2.14. The van der Waals surface area contributed by atoms with E-state index in [1.807, 2.05) is 24.3 Å². The minimum atomic E-state index is -0.928. The van der Waals surface area contributed by atoms with E-state index < -0.39 is 5.60 Å². The van der Waals surface area contributed by atoms with Crippen LogP contribution in [-0.2, 0) is 14.3 Å². The Morgan fingerprint density at radius 1 is 1.35 bits per heavy atom. The van der Waals surface area contributed by atoms with Crippen LogP contribution in [0.15, 0.2) is 24.3 Å². The maximum atomic E-state index is 12.4. The molecule has 0 fully saturated rings. The van der Waals surface area contributed by atoms with Crippen molar-refractivity contribution in [3.63, 3.8) is 0 Å². The summed E-state index contributed by atoms with van der Waals surface area (Å²) in [4.78, 5) is 25.5. The molecule has 0 bridgehead atoms. The molecule has 2 rings (SSSR count). The summed E-state index contributed by atoms with van der Waals surface area (Å²) in [5, 5.41) is 0. The summed E-state index contributed by atoms with van der Waals surface area (Å²) in [6, 6.07) is 7.33. The molecule has 1 aliphatic rings. The van der Waals surface area contributed by atoms with E-state index in [1.165, 1.54) is 0 Å². The van der Waals surface area contributed by atoms with Crippen LogP contribution in [0.1, 0.15) is 27.2 Å². The van der Waals surface area contributed by atoms with E-state index in [0.29, 0.717) is 24.6 Å². The average Bonchev–Trinajstić information content (AvgIpc) is 2.39. The van der Waals surface area contributed by atoms with Gasteiger partial charge in [0.2, 0.25) is 0 Å². The molecule has 5 nitrogen and oxygen atoms in total. The topological polar surface area (TPSA) is 55.8 Å². The van der Waals surface area contributed by atoms with Crippen LogP contribution in [0.5, 0.6) is 5.75 Å². The van der Waals surface area contributed by atoms with Crippen molar-refractivity contribution in [2.24, 2.45) is 0 Å². The highest BCUT2D eigenvalue weighted by Gasteiger charge is 2.40. The molecule has 108 valence electrons. The molecule has 0 saturated carbocycles. The second-order valence-corrected chi connectivity index (χ2v) is 5.09. The van der Waals surface area contributed by atoms with Crippen LogP contribution in [-0.4, -0.2) is 30.6 Å². The Balaban J connectivity index is 2.21. The zero-order chi connectivity index (χ0) is 14.8. The van der Waals surface area contributed by atoms with Crippen LogP contribution in [0.25, 0.3) is 0 Å². The van der Waals surface area contributed by atoms with Crippen molar-refractivity contribution in [2.45, 2.75) is 32.8 Å². The molecule has 0 saturated heterocycles. The normalized spacial score (nSPS) is 16.4. The first-order valence-electron chi connectivity index (χ1n) is 6.71. The van der Waals surface area contributed by atoms with Crippen LogP contribution in [0.4, 0.5) is 5.69 Å². The van der Waals surface area contributed by atoms with Gasteiger partial charge in [-0.15, -0.1) is 0 Å². The summed E-state index contributed by atoms with van der Waals surface area (Å²) in [5.74, 6) is 0.198. The number of ether oxygens (including phenoxy) is 2. The molecule has 0 radical (unpaired) electrons. The summed E-state index contributed by atoms with van der Waals surface area (Å²) in [7, 11) is 0. The van der Waals surface area contributed by atoms with Crippen molar-refractivity contribution < 1.29 is 19.1 Å². The van der Waals surface area contributed by atoms with E-state index in [1.54, 1.807) is 25.7 Å². The van der Waals surface area contributed by atoms with E-state index in [-0.39, 0.29) is 18.3 Å². The molecule has 5 heteroatoms. The van der Waals surface area contributed by atoms with E-state index in [9.17, 15) is 9.59 Å². The number of nitrogens with zero attached hydrogens (tertiary/aromatic N) is 1. The maximum absolute atomic E-state index is 12.4. The number of carbonyl (C=O) groups is 2.